The first-order valence-corrected chi connectivity index (χ1v) is 5.91. The predicted molar refractivity (Wildman–Crippen MR) is 71.9 cm³/mol. The molecule has 0 fully saturated rings. The summed E-state index contributed by atoms with van der Waals surface area (Å²) in [6.07, 6.45) is 3.11. The zero-order valence-corrected chi connectivity index (χ0v) is 10.0. The van der Waals surface area contributed by atoms with Crippen LogP contribution in [0.15, 0.2) is 49.1 Å². The van der Waals surface area contributed by atoms with Crippen molar-refractivity contribution < 1.29 is 0 Å². The van der Waals surface area contributed by atoms with Crippen molar-refractivity contribution in [1.29, 1.82) is 0 Å². The smallest absolute Gasteiger partial charge is 0.000423 e. The van der Waals surface area contributed by atoms with E-state index in [1.54, 1.807) is 0 Å². The molecule has 0 aliphatic heterocycles. The van der Waals surface area contributed by atoms with Crippen LogP contribution in [0.1, 0.15) is 30.9 Å². The average molecular weight is 210 g/mol. The van der Waals surface area contributed by atoms with E-state index in [0.29, 0.717) is 5.92 Å². The first kappa shape index (κ1) is 10.9. The van der Waals surface area contributed by atoms with E-state index < -0.39 is 0 Å². The monoisotopic (exact) mass is 210 g/mol. The molecule has 0 amide bonds. The Morgan fingerprint density at radius 3 is 2.62 bits per heavy atom. The molecule has 0 aromatic heterocycles. The molecule has 1 unspecified atom stereocenters. The van der Waals surface area contributed by atoms with Crippen LogP contribution in [0.2, 0.25) is 0 Å². The van der Waals surface area contributed by atoms with E-state index in [4.69, 9.17) is 0 Å². The zero-order chi connectivity index (χ0) is 11.5. The fraction of sp³-hybridized carbons (Fsp3) is 0.250. The number of benzene rings is 2. The molecule has 2 aromatic rings. The largest absolute Gasteiger partial charge is 0.102 e. The molecule has 82 valence electrons. The quantitative estimate of drug-likeness (QED) is 0.645. The molecule has 0 radical (unpaired) electrons. The van der Waals surface area contributed by atoms with E-state index in [1.165, 1.54) is 21.9 Å². The molecule has 0 heterocycles. The maximum Gasteiger partial charge on any atom is -0.000423 e. The molecule has 0 saturated heterocycles. The van der Waals surface area contributed by atoms with Gasteiger partial charge < -0.3 is 0 Å². The standard InChI is InChI=1S/C16H18/c1-4-12(3)16-13(5-2)10-11-14-8-6-7-9-15(14)16/h4,6-12H,1,5H2,2-3H3. The molecule has 1 atom stereocenters. The fourth-order valence-electron chi connectivity index (χ4n) is 2.30. The van der Waals surface area contributed by atoms with E-state index in [2.05, 4.69) is 56.8 Å². The van der Waals surface area contributed by atoms with Crippen LogP contribution < -0.4 is 0 Å². The average Bonchev–Trinajstić information content (AvgIpc) is 2.36. The number of hydrogen-bond donors (Lipinski definition) is 0. The summed E-state index contributed by atoms with van der Waals surface area (Å²) >= 11 is 0. The van der Waals surface area contributed by atoms with Gasteiger partial charge in [0.2, 0.25) is 0 Å². The van der Waals surface area contributed by atoms with Gasteiger partial charge in [-0.15, -0.1) is 6.58 Å². The van der Waals surface area contributed by atoms with E-state index in [9.17, 15) is 0 Å². The maximum atomic E-state index is 3.92. The van der Waals surface area contributed by atoms with E-state index in [1.807, 2.05) is 6.08 Å². The summed E-state index contributed by atoms with van der Waals surface area (Å²) in [5.74, 6) is 0.418. The Labute approximate surface area is 97.6 Å². The van der Waals surface area contributed by atoms with E-state index in [0.717, 1.165) is 6.42 Å². The molecular weight excluding hydrogens is 192 g/mol. The fourth-order valence-corrected chi connectivity index (χ4v) is 2.30. The van der Waals surface area contributed by atoms with Gasteiger partial charge in [0.15, 0.2) is 0 Å². The number of rotatable bonds is 3. The van der Waals surface area contributed by atoms with Crippen molar-refractivity contribution in [2.24, 2.45) is 0 Å². The highest BCUT2D eigenvalue weighted by Gasteiger charge is 2.10. The third kappa shape index (κ3) is 1.76. The highest BCUT2D eigenvalue weighted by molar-refractivity contribution is 5.87. The van der Waals surface area contributed by atoms with Gasteiger partial charge in [0.05, 0.1) is 0 Å². The molecule has 0 nitrogen and oxygen atoms in total. The lowest BCUT2D eigenvalue weighted by molar-refractivity contribution is 0.944. The molecule has 0 aliphatic rings. The van der Waals surface area contributed by atoms with Crippen molar-refractivity contribution in [3.05, 3.63) is 60.2 Å². The van der Waals surface area contributed by atoms with Crippen LogP contribution >= 0.6 is 0 Å². The third-order valence-corrected chi connectivity index (χ3v) is 3.25. The summed E-state index contributed by atoms with van der Waals surface area (Å²) in [5.41, 5.74) is 2.88. The summed E-state index contributed by atoms with van der Waals surface area (Å²) < 4.78 is 0. The van der Waals surface area contributed by atoms with Gasteiger partial charge >= 0.3 is 0 Å². The molecule has 2 rings (SSSR count). The molecule has 0 bridgehead atoms. The van der Waals surface area contributed by atoms with Crippen molar-refractivity contribution in [2.45, 2.75) is 26.2 Å². The van der Waals surface area contributed by atoms with Gasteiger partial charge in [0.1, 0.15) is 0 Å². The highest BCUT2D eigenvalue weighted by Crippen LogP contribution is 2.30. The minimum atomic E-state index is 0.418. The van der Waals surface area contributed by atoms with Gasteiger partial charge in [0.25, 0.3) is 0 Å². The molecule has 16 heavy (non-hydrogen) atoms. The van der Waals surface area contributed by atoms with Gasteiger partial charge in [-0.2, -0.15) is 0 Å². The van der Waals surface area contributed by atoms with Crippen molar-refractivity contribution in [3.8, 4) is 0 Å². The molecule has 0 spiro atoms. The normalized spacial score (nSPS) is 12.6. The van der Waals surface area contributed by atoms with Gasteiger partial charge in [-0.25, -0.2) is 0 Å². The minimum Gasteiger partial charge on any atom is -0.102 e. The van der Waals surface area contributed by atoms with Gasteiger partial charge in [-0.3, -0.25) is 0 Å². The maximum absolute atomic E-state index is 3.92. The van der Waals surface area contributed by atoms with Crippen LogP contribution in [0.5, 0.6) is 0 Å². The Morgan fingerprint density at radius 2 is 1.94 bits per heavy atom. The van der Waals surface area contributed by atoms with Crippen molar-refractivity contribution >= 4 is 10.8 Å². The molecule has 0 aliphatic carbocycles. The summed E-state index contributed by atoms with van der Waals surface area (Å²) in [4.78, 5) is 0. The second-order valence-corrected chi connectivity index (χ2v) is 4.24. The molecule has 2 aromatic carbocycles. The Hall–Kier alpha value is -1.56. The van der Waals surface area contributed by atoms with Crippen molar-refractivity contribution in [3.63, 3.8) is 0 Å². The van der Waals surface area contributed by atoms with E-state index >= 15 is 0 Å². The lowest BCUT2D eigenvalue weighted by Gasteiger charge is -2.15. The molecular formula is C16H18. The first-order valence-electron chi connectivity index (χ1n) is 5.91. The topological polar surface area (TPSA) is 0 Å². The minimum absolute atomic E-state index is 0.418. The number of hydrogen-bond acceptors (Lipinski definition) is 0. The Bertz CT molecular complexity index is 508. The van der Waals surface area contributed by atoms with E-state index in [-0.39, 0.29) is 0 Å². The second-order valence-electron chi connectivity index (χ2n) is 4.24. The summed E-state index contributed by atoms with van der Waals surface area (Å²) in [6, 6.07) is 13.1. The van der Waals surface area contributed by atoms with Gasteiger partial charge in [-0.1, -0.05) is 56.3 Å². The second kappa shape index (κ2) is 4.52. The summed E-state index contributed by atoms with van der Waals surface area (Å²) in [7, 11) is 0. The zero-order valence-electron chi connectivity index (χ0n) is 10.0. The van der Waals surface area contributed by atoms with Gasteiger partial charge in [0, 0.05) is 0 Å². The lowest BCUT2D eigenvalue weighted by Crippen LogP contribution is -1.97. The Morgan fingerprint density at radius 1 is 1.19 bits per heavy atom. The van der Waals surface area contributed by atoms with Crippen LogP contribution in [-0.4, -0.2) is 0 Å². The van der Waals surface area contributed by atoms with Gasteiger partial charge in [-0.05, 0) is 34.2 Å². The van der Waals surface area contributed by atoms with Crippen molar-refractivity contribution in [1.82, 2.24) is 0 Å². The number of aryl methyl sites for hydroxylation is 1. The van der Waals surface area contributed by atoms with Crippen molar-refractivity contribution in [2.75, 3.05) is 0 Å². The SMILES string of the molecule is C=CC(C)c1c(CC)ccc2ccccc12. The highest BCUT2D eigenvalue weighted by atomic mass is 14.1. The Balaban J connectivity index is 2.77. The van der Waals surface area contributed by atoms with Crippen LogP contribution in [0.3, 0.4) is 0 Å². The van der Waals surface area contributed by atoms with Crippen LogP contribution in [0, 0.1) is 0 Å². The third-order valence-electron chi connectivity index (χ3n) is 3.25. The summed E-state index contributed by atoms with van der Waals surface area (Å²) in [6.45, 7) is 8.35. The van der Waals surface area contributed by atoms with Crippen LogP contribution in [0.4, 0.5) is 0 Å². The Kier molecular flexibility index (Phi) is 3.09. The van der Waals surface area contributed by atoms with Crippen LogP contribution in [-0.2, 0) is 6.42 Å². The lowest BCUT2D eigenvalue weighted by atomic mass is 9.89. The summed E-state index contributed by atoms with van der Waals surface area (Å²) in [5, 5.41) is 2.69. The first-order chi connectivity index (χ1) is 7.77. The molecule has 0 heteroatoms. The molecule has 0 N–H and O–H groups in total. The predicted octanol–water partition coefficient (Wildman–Crippen LogP) is 4.69. The molecule has 0 saturated carbocycles. The van der Waals surface area contributed by atoms with Crippen LogP contribution in [0.25, 0.3) is 10.8 Å². The number of allylic oxidation sites excluding steroid dienone is 1. The number of fused-ring (bicyclic) bond motifs is 1.